The lowest BCUT2D eigenvalue weighted by molar-refractivity contribution is -0.117. The van der Waals surface area contributed by atoms with Crippen molar-refractivity contribution in [1.29, 1.82) is 0 Å². The van der Waals surface area contributed by atoms with Crippen LogP contribution in [0, 0.1) is 0 Å². The highest BCUT2D eigenvalue weighted by atomic mass is 16.5. The van der Waals surface area contributed by atoms with Gasteiger partial charge in [0.1, 0.15) is 0 Å². The van der Waals surface area contributed by atoms with Crippen molar-refractivity contribution in [3.63, 3.8) is 0 Å². The smallest absolute Gasteiger partial charge is 0.246 e. The summed E-state index contributed by atoms with van der Waals surface area (Å²) in [5.41, 5.74) is 1.71. The van der Waals surface area contributed by atoms with Gasteiger partial charge >= 0.3 is 0 Å². The van der Waals surface area contributed by atoms with Crippen LogP contribution in [0.3, 0.4) is 0 Å². The van der Waals surface area contributed by atoms with E-state index in [1.807, 2.05) is 38.1 Å². The van der Waals surface area contributed by atoms with E-state index in [2.05, 4.69) is 5.32 Å². The summed E-state index contributed by atoms with van der Waals surface area (Å²) < 4.78 is 10.4. The van der Waals surface area contributed by atoms with Crippen molar-refractivity contribution in [1.82, 2.24) is 5.32 Å². The van der Waals surface area contributed by atoms with Crippen LogP contribution in [0.1, 0.15) is 25.8 Å². The summed E-state index contributed by atoms with van der Waals surface area (Å²) in [4.78, 5) is 11.7. The van der Waals surface area contributed by atoms with Crippen LogP contribution in [0.15, 0.2) is 29.8 Å². The highest BCUT2D eigenvalue weighted by molar-refractivity contribution is 5.92. The number of allylic oxidation sites excluding steroid dienone is 1. The summed E-state index contributed by atoms with van der Waals surface area (Å²) in [5.74, 6) is 1.30. The van der Waals surface area contributed by atoms with Gasteiger partial charge in [-0.1, -0.05) is 19.1 Å². The minimum absolute atomic E-state index is 0.0448. The zero-order valence-corrected chi connectivity index (χ0v) is 11.9. The number of nitrogens with one attached hydrogen (secondary N) is 1. The summed E-state index contributed by atoms with van der Waals surface area (Å²) in [6.07, 6.45) is 2.76. The fourth-order valence-electron chi connectivity index (χ4n) is 1.71. The minimum atomic E-state index is -0.0448. The van der Waals surface area contributed by atoms with E-state index in [9.17, 15) is 4.79 Å². The summed E-state index contributed by atoms with van der Waals surface area (Å²) in [7, 11) is 3.19. The molecule has 0 fully saturated rings. The van der Waals surface area contributed by atoms with Gasteiger partial charge in [0.2, 0.25) is 5.91 Å². The SMILES string of the molecule is CC/C=C(/C)C(=O)NCc1ccc(OC)c(OC)c1. The number of rotatable bonds is 6. The molecule has 0 spiro atoms. The van der Waals surface area contributed by atoms with Gasteiger partial charge in [0.05, 0.1) is 14.2 Å². The van der Waals surface area contributed by atoms with E-state index < -0.39 is 0 Å². The predicted octanol–water partition coefficient (Wildman–Crippen LogP) is 2.68. The lowest BCUT2D eigenvalue weighted by atomic mass is 10.2. The average Bonchev–Trinajstić information content (AvgIpc) is 2.44. The zero-order valence-electron chi connectivity index (χ0n) is 11.9. The van der Waals surface area contributed by atoms with E-state index in [0.29, 0.717) is 18.0 Å². The maximum atomic E-state index is 11.7. The quantitative estimate of drug-likeness (QED) is 0.803. The summed E-state index contributed by atoms with van der Waals surface area (Å²) in [5, 5.41) is 2.87. The number of amides is 1. The molecule has 4 nitrogen and oxygen atoms in total. The molecule has 19 heavy (non-hydrogen) atoms. The average molecular weight is 263 g/mol. The van der Waals surface area contributed by atoms with Crippen molar-refractivity contribution in [2.75, 3.05) is 14.2 Å². The fourth-order valence-corrected chi connectivity index (χ4v) is 1.71. The Bertz CT molecular complexity index is 466. The lowest BCUT2D eigenvalue weighted by Crippen LogP contribution is -2.23. The molecule has 0 heterocycles. The first-order chi connectivity index (χ1) is 9.12. The highest BCUT2D eigenvalue weighted by Crippen LogP contribution is 2.27. The van der Waals surface area contributed by atoms with Crippen molar-refractivity contribution in [3.8, 4) is 11.5 Å². The molecule has 0 saturated carbocycles. The van der Waals surface area contributed by atoms with E-state index in [1.54, 1.807) is 14.2 Å². The van der Waals surface area contributed by atoms with Gasteiger partial charge in [0.15, 0.2) is 11.5 Å². The Balaban J connectivity index is 2.68. The van der Waals surface area contributed by atoms with Gasteiger partial charge in [-0.15, -0.1) is 0 Å². The molecule has 4 heteroatoms. The van der Waals surface area contributed by atoms with Crippen LogP contribution < -0.4 is 14.8 Å². The van der Waals surface area contributed by atoms with E-state index >= 15 is 0 Å². The number of hydrogen-bond donors (Lipinski definition) is 1. The molecule has 0 atom stereocenters. The van der Waals surface area contributed by atoms with Gasteiger partial charge in [0, 0.05) is 12.1 Å². The first-order valence-electron chi connectivity index (χ1n) is 6.28. The Morgan fingerprint density at radius 1 is 1.26 bits per heavy atom. The van der Waals surface area contributed by atoms with Crippen molar-refractivity contribution in [3.05, 3.63) is 35.4 Å². The van der Waals surface area contributed by atoms with Gasteiger partial charge in [0.25, 0.3) is 0 Å². The van der Waals surface area contributed by atoms with Crippen molar-refractivity contribution >= 4 is 5.91 Å². The van der Waals surface area contributed by atoms with Crippen LogP contribution in [0.2, 0.25) is 0 Å². The Kier molecular flexibility index (Phi) is 5.93. The van der Waals surface area contributed by atoms with Gasteiger partial charge in [-0.2, -0.15) is 0 Å². The molecule has 1 aromatic carbocycles. The molecule has 0 aliphatic carbocycles. The maximum absolute atomic E-state index is 11.7. The molecule has 0 aliphatic heterocycles. The molecule has 0 aliphatic rings. The topological polar surface area (TPSA) is 47.6 Å². The molecular weight excluding hydrogens is 242 g/mol. The molecular formula is C15H21NO3. The van der Waals surface area contributed by atoms with E-state index in [0.717, 1.165) is 17.6 Å². The maximum Gasteiger partial charge on any atom is 0.246 e. The molecule has 1 amide bonds. The third-order valence-corrected chi connectivity index (χ3v) is 2.77. The molecule has 0 aromatic heterocycles. The molecule has 0 bridgehead atoms. The Hall–Kier alpha value is -1.97. The standard InChI is InChI=1S/C15H21NO3/c1-5-6-11(2)15(17)16-10-12-7-8-13(18-3)14(9-12)19-4/h6-9H,5,10H2,1-4H3,(H,16,17)/b11-6-. The second kappa shape index (κ2) is 7.46. The van der Waals surface area contributed by atoms with E-state index in [1.165, 1.54) is 0 Å². The Labute approximate surface area is 114 Å². The summed E-state index contributed by atoms with van der Waals surface area (Å²) in [6, 6.07) is 5.59. The first kappa shape index (κ1) is 15.1. The second-order valence-corrected chi connectivity index (χ2v) is 4.17. The molecule has 1 N–H and O–H groups in total. The number of ether oxygens (including phenoxy) is 2. The summed E-state index contributed by atoms with van der Waals surface area (Å²) >= 11 is 0. The van der Waals surface area contributed by atoms with Gasteiger partial charge in [-0.25, -0.2) is 0 Å². The van der Waals surface area contributed by atoms with E-state index in [4.69, 9.17) is 9.47 Å². The fraction of sp³-hybridized carbons (Fsp3) is 0.400. The zero-order chi connectivity index (χ0) is 14.3. The van der Waals surface area contributed by atoms with Crippen molar-refractivity contribution < 1.29 is 14.3 Å². The van der Waals surface area contributed by atoms with Gasteiger partial charge in [-0.05, 0) is 31.0 Å². The third-order valence-electron chi connectivity index (χ3n) is 2.77. The Morgan fingerprint density at radius 2 is 1.95 bits per heavy atom. The van der Waals surface area contributed by atoms with Crippen molar-refractivity contribution in [2.24, 2.45) is 0 Å². The Morgan fingerprint density at radius 3 is 2.53 bits per heavy atom. The van der Waals surface area contributed by atoms with Crippen LogP contribution >= 0.6 is 0 Å². The number of carbonyl (C=O) groups excluding carboxylic acids is 1. The largest absolute Gasteiger partial charge is 0.493 e. The molecule has 1 rings (SSSR count). The number of carbonyl (C=O) groups is 1. The monoisotopic (exact) mass is 263 g/mol. The first-order valence-corrected chi connectivity index (χ1v) is 6.28. The van der Waals surface area contributed by atoms with Crippen molar-refractivity contribution in [2.45, 2.75) is 26.8 Å². The van der Waals surface area contributed by atoms with Crippen LogP contribution in [0.4, 0.5) is 0 Å². The van der Waals surface area contributed by atoms with Crippen LogP contribution in [-0.2, 0) is 11.3 Å². The van der Waals surface area contributed by atoms with E-state index in [-0.39, 0.29) is 5.91 Å². The second-order valence-electron chi connectivity index (χ2n) is 4.17. The molecule has 1 aromatic rings. The lowest BCUT2D eigenvalue weighted by Gasteiger charge is -2.10. The van der Waals surface area contributed by atoms with Crippen LogP contribution in [-0.4, -0.2) is 20.1 Å². The highest BCUT2D eigenvalue weighted by Gasteiger charge is 2.06. The molecule has 0 saturated heterocycles. The predicted molar refractivity (Wildman–Crippen MR) is 75.4 cm³/mol. The third kappa shape index (κ3) is 4.32. The number of methoxy groups -OCH3 is 2. The molecule has 0 radical (unpaired) electrons. The molecule has 104 valence electrons. The molecule has 0 unspecified atom stereocenters. The van der Waals surface area contributed by atoms with Gasteiger partial charge < -0.3 is 14.8 Å². The number of hydrogen-bond acceptors (Lipinski definition) is 3. The number of benzene rings is 1. The minimum Gasteiger partial charge on any atom is -0.493 e. The van der Waals surface area contributed by atoms with Gasteiger partial charge in [-0.3, -0.25) is 4.79 Å². The van der Waals surface area contributed by atoms with Crippen LogP contribution in [0.5, 0.6) is 11.5 Å². The summed E-state index contributed by atoms with van der Waals surface area (Å²) in [6.45, 7) is 4.28. The van der Waals surface area contributed by atoms with Crippen LogP contribution in [0.25, 0.3) is 0 Å². The normalized spacial score (nSPS) is 11.1.